The van der Waals surface area contributed by atoms with E-state index in [-0.39, 0.29) is 0 Å². The average molecular weight is 231 g/mol. The smallest absolute Gasteiger partial charge is 0.204 e. The predicted octanol–water partition coefficient (Wildman–Crippen LogP) is 2.88. The van der Waals surface area contributed by atoms with Crippen LogP contribution in [-0.2, 0) is 0 Å². The van der Waals surface area contributed by atoms with Crippen LogP contribution < -0.4 is 4.90 Å². The Balaban J connectivity index is 3.03. The molecule has 0 aliphatic rings. The summed E-state index contributed by atoms with van der Waals surface area (Å²) in [5.41, 5.74) is 2.41. The summed E-state index contributed by atoms with van der Waals surface area (Å²) < 4.78 is 0. The van der Waals surface area contributed by atoms with Crippen LogP contribution in [0.4, 0.5) is 5.69 Å². The summed E-state index contributed by atoms with van der Waals surface area (Å²) >= 11 is 0. The van der Waals surface area contributed by atoms with E-state index >= 15 is 0 Å². The van der Waals surface area contributed by atoms with Crippen molar-refractivity contribution in [3.8, 4) is 0 Å². The van der Waals surface area contributed by atoms with Gasteiger partial charge in [-0.25, -0.2) is 0 Å². The third-order valence-corrected chi connectivity index (χ3v) is 2.66. The summed E-state index contributed by atoms with van der Waals surface area (Å²) in [5, 5.41) is 0. The Morgan fingerprint density at radius 2 is 1.88 bits per heavy atom. The van der Waals surface area contributed by atoms with E-state index < -0.39 is 0 Å². The molecule has 3 heteroatoms. The van der Waals surface area contributed by atoms with Crippen molar-refractivity contribution in [2.75, 3.05) is 26.0 Å². The number of nitrogens with zero attached hydrogens (tertiary/aromatic N) is 3. The quantitative estimate of drug-likeness (QED) is 0.575. The van der Waals surface area contributed by atoms with Gasteiger partial charge in [0.2, 0.25) is 5.96 Å². The van der Waals surface area contributed by atoms with Gasteiger partial charge in [0, 0.05) is 33.0 Å². The summed E-state index contributed by atoms with van der Waals surface area (Å²) in [7, 11) is 5.84. The van der Waals surface area contributed by atoms with Crippen molar-refractivity contribution in [1.29, 1.82) is 0 Å². The van der Waals surface area contributed by atoms with E-state index in [9.17, 15) is 0 Å². The molecule has 0 N–H and O–H groups in total. The van der Waals surface area contributed by atoms with Gasteiger partial charge in [-0.3, -0.25) is 4.99 Å². The van der Waals surface area contributed by atoms with Gasteiger partial charge in [-0.05, 0) is 25.5 Å². The molecule has 1 aromatic rings. The molecule has 1 aromatic carbocycles. The molecule has 0 bridgehead atoms. The number of hydrogen-bond donors (Lipinski definition) is 0. The van der Waals surface area contributed by atoms with Crippen LogP contribution >= 0.6 is 0 Å². The second kappa shape index (κ2) is 6.09. The van der Waals surface area contributed by atoms with E-state index in [2.05, 4.69) is 28.9 Å². The van der Waals surface area contributed by atoms with E-state index in [1.165, 1.54) is 11.3 Å². The molecular formula is C14H21N3. The summed E-state index contributed by atoms with van der Waals surface area (Å²) in [6, 6.07) is 8.30. The van der Waals surface area contributed by atoms with Crippen molar-refractivity contribution in [3.05, 3.63) is 42.1 Å². The Hall–Kier alpha value is -1.77. The zero-order valence-electron chi connectivity index (χ0n) is 11.3. The molecule has 0 aromatic heterocycles. The number of aliphatic imine (C=N–C) groups is 1. The van der Waals surface area contributed by atoms with Gasteiger partial charge in [0.1, 0.15) is 0 Å². The van der Waals surface area contributed by atoms with E-state index in [1.54, 1.807) is 0 Å². The maximum atomic E-state index is 4.34. The van der Waals surface area contributed by atoms with Crippen LogP contribution in [0.15, 0.2) is 41.5 Å². The number of guanidine groups is 1. The highest BCUT2D eigenvalue weighted by Gasteiger charge is 2.12. The fraction of sp³-hybridized carbons (Fsp3) is 0.357. The standard InChI is InChI=1S/C14H21N3/c1-6-11-16(4)14(15-3)17(5)13-10-8-7-9-12(13)2/h6-11H,1-5H3/b11-6-,15-14-. The molecule has 0 amide bonds. The molecule has 0 radical (unpaired) electrons. The molecule has 3 nitrogen and oxygen atoms in total. The first-order valence-corrected chi connectivity index (χ1v) is 5.73. The lowest BCUT2D eigenvalue weighted by Gasteiger charge is -2.27. The number of hydrogen-bond acceptors (Lipinski definition) is 1. The molecule has 0 spiro atoms. The van der Waals surface area contributed by atoms with Gasteiger partial charge < -0.3 is 9.80 Å². The molecule has 0 aliphatic carbocycles. The fourth-order valence-electron chi connectivity index (χ4n) is 1.88. The van der Waals surface area contributed by atoms with Crippen molar-refractivity contribution in [2.24, 2.45) is 4.99 Å². The Kier molecular flexibility index (Phi) is 4.76. The monoisotopic (exact) mass is 231 g/mol. The van der Waals surface area contributed by atoms with Crippen LogP contribution in [0.3, 0.4) is 0 Å². The fourth-order valence-corrected chi connectivity index (χ4v) is 1.88. The van der Waals surface area contributed by atoms with E-state index in [0.717, 1.165) is 5.96 Å². The maximum absolute atomic E-state index is 4.34. The van der Waals surface area contributed by atoms with Crippen LogP contribution in [0.1, 0.15) is 12.5 Å². The van der Waals surface area contributed by atoms with Crippen LogP contribution in [0.5, 0.6) is 0 Å². The van der Waals surface area contributed by atoms with Gasteiger partial charge >= 0.3 is 0 Å². The highest BCUT2D eigenvalue weighted by atomic mass is 15.3. The van der Waals surface area contributed by atoms with E-state index in [1.807, 2.05) is 57.4 Å². The first-order valence-electron chi connectivity index (χ1n) is 5.73. The summed E-state index contributed by atoms with van der Waals surface area (Å²) in [5.74, 6) is 0.914. The number of anilines is 1. The SMILES string of the molecule is C/C=C\N(C)/C(=N/C)N(C)c1ccccc1C. The normalized spacial score (nSPS) is 11.9. The lowest BCUT2D eigenvalue weighted by molar-refractivity contribution is 0.667. The Morgan fingerprint density at radius 1 is 1.24 bits per heavy atom. The van der Waals surface area contributed by atoms with Gasteiger partial charge in [-0.2, -0.15) is 0 Å². The number of allylic oxidation sites excluding steroid dienone is 1. The number of rotatable bonds is 2. The minimum absolute atomic E-state index is 0.914. The van der Waals surface area contributed by atoms with Gasteiger partial charge in [-0.1, -0.05) is 24.3 Å². The minimum Gasteiger partial charge on any atom is -0.322 e. The molecular weight excluding hydrogens is 210 g/mol. The molecule has 0 aliphatic heterocycles. The molecule has 17 heavy (non-hydrogen) atoms. The summed E-state index contributed by atoms with van der Waals surface area (Å²) in [4.78, 5) is 8.44. The zero-order chi connectivity index (χ0) is 12.8. The Bertz CT molecular complexity index is 421. The second-order valence-electron chi connectivity index (χ2n) is 3.96. The average Bonchev–Trinajstić information content (AvgIpc) is 2.30. The molecule has 0 fully saturated rings. The Morgan fingerprint density at radius 3 is 2.41 bits per heavy atom. The van der Waals surface area contributed by atoms with Crippen molar-refractivity contribution in [1.82, 2.24) is 4.90 Å². The van der Waals surface area contributed by atoms with Gasteiger partial charge in [0.25, 0.3) is 0 Å². The minimum atomic E-state index is 0.914. The first kappa shape index (κ1) is 13.3. The van der Waals surface area contributed by atoms with Crippen LogP contribution in [0.2, 0.25) is 0 Å². The van der Waals surface area contributed by atoms with Crippen molar-refractivity contribution in [2.45, 2.75) is 13.8 Å². The molecule has 0 atom stereocenters. The van der Waals surface area contributed by atoms with Gasteiger partial charge in [0.15, 0.2) is 0 Å². The highest BCUT2D eigenvalue weighted by molar-refractivity contribution is 5.96. The summed E-state index contributed by atoms with van der Waals surface area (Å²) in [6.45, 7) is 4.10. The third kappa shape index (κ3) is 3.09. The lowest BCUT2D eigenvalue weighted by Crippen LogP contribution is -2.37. The lowest BCUT2D eigenvalue weighted by atomic mass is 10.2. The zero-order valence-corrected chi connectivity index (χ0v) is 11.3. The molecule has 0 heterocycles. The van der Waals surface area contributed by atoms with E-state index in [0.29, 0.717) is 0 Å². The number of para-hydroxylation sites is 1. The van der Waals surface area contributed by atoms with Gasteiger partial charge in [0.05, 0.1) is 0 Å². The molecule has 1 rings (SSSR count). The Labute approximate surface area is 104 Å². The summed E-state index contributed by atoms with van der Waals surface area (Å²) in [6.07, 6.45) is 3.99. The topological polar surface area (TPSA) is 18.8 Å². The van der Waals surface area contributed by atoms with Crippen molar-refractivity contribution < 1.29 is 0 Å². The molecule has 0 unspecified atom stereocenters. The van der Waals surface area contributed by atoms with Crippen molar-refractivity contribution in [3.63, 3.8) is 0 Å². The third-order valence-electron chi connectivity index (χ3n) is 2.66. The van der Waals surface area contributed by atoms with Crippen LogP contribution in [0, 0.1) is 6.92 Å². The van der Waals surface area contributed by atoms with Gasteiger partial charge in [-0.15, -0.1) is 0 Å². The first-order chi connectivity index (χ1) is 8.11. The van der Waals surface area contributed by atoms with E-state index in [4.69, 9.17) is 0 Å². The maximum Gasteiger partial charge on any atom is 0.204 e. The number of aryl methyl sites for hydroxylation is 1. The van der Waals surface area contributed by atoms with Crippen molar-refractivity contribution >= 4 is 11.6 Å². The largest absolute Gasteiger partial charge is 0.322 e. The van der Waals surface area contributed by atoms with Crippen LogP contribution in [-0.4, -0.2) is 32.0 Å². The van der Waals surface area contributed by atoms with Crippen LogP contribution in [0.25, 0.3) is 0 Å². The molecule has 0 saturated carbocycles. The molecule has 92 valence electrons. The highest BCUT2D eigenvalue weighted by Crippen LogP contribution is 2.18. The predicted molar refractivity (Wildman–Crippen MR) is 75.5 cm³/mol. The second-order valence-corrected chi connectivity index (χ2v) is 3.96. The number of benzene rings is 1. The molecule has 0 saturated heterocycles.